The Balaban J connectivity index is 1.13. The van der Waals surface area contributed by atoms with Gasteiger partial charge in [0, 0.05) is 57.8 Å². The Morgan fingerprint density at radius 1 is 0.244 bits per heavy atom. The van der Waals surface area contributed by atoms with Gasteiger partial charge < -0.3 is 9.80 Å². The van der Waals surface area contributed by atoms with E-state index in [4.69, 9.17) is 0 Å². The smallest absolute Gasteiger partial charge is 0.126 e. The van der Waals surface area contributed by atoms with Crippen molar-refractivity contribution in [1.29, 1.82) is 0 Å². The van der Waals surface area contributed by atoms with Crippen LogP contribution in [0.1, 0.15) is 0 Å². The Bertz CT molecular complexity index is 3970. The van der Waals surface area contributed by atoms with E-state index in [9.17, 15) is 0 Å². The molecule has 0 aliphatic rings. The van der Waals surface area contributed by atoms with Gasteiger partial charge >= 0.3 is 0 Å². The van der Waals surface area contributed by atoms with Crippen LogP contribution in [0.15, 0.2) is 206 Å². The molecule has 0 bridgehead atoms. The van der Waals surface area contributed by atoms with Gasteiger partial charge in [-0.05, 0) is 187 Å². The molecule has 0 saturated heterocycles. The zero-order valence-corrected chi connectivity index (χ0v) is 47.5. The van der Waals surface area contributed by atoms with Gasteiger partial charge in [-0.25, -0.2) is 35.1 Å². The van der Waals surface area contributed by atoms with Crippen molar-refractivity contribution in [2.45, 2.75) is 39.3 Å². The van der Waals surface area contributed by atoms with Gasteiger partial charge in [0.2, 0.25) is 0 Å². The van der Waals surface area contributed by atoms with Crippen LogP contribution in [-0.2, 0) is 0 Å². The van der Waals surface area contributed by atoms with Crippen LogP contribution < -0.4 is 20.2 Å². The zero-order chi connectivity index (χ0) is 57.5. The minimum Gasteiger partial charge on any atom is -0.310 e. The molecule has 12 heteroatoms. The first-order valence-electron chi connectivity index (χ1n) is 26.8. The highest BCUT2D eigenvalue weighted by Gasteiger charge is 2.26. The second-order valence-corrected chi connectivity index (χ2v) is 33.2. The number of rotatable bonds is 12. The van der Waals surface area contributed by atoms with Crippen molar-refractivity contribution in [3.63, 3.8) is 0 Å². The highest BCUT2D eigenvalue weighted by atomic mass is 28.3. The van der Waals surface area contributed by atoms with Crippen LogP contribution in [0.2, 0.25) is 39.3 Å². The Labute approximate surface area is 472 Å². The summed E-state index contributed by atoms with van der Waals surface area (Å²) in [6.07, 6.45) is 0. The average Bonchev–Trinajstić information content (AvgIpc) is 1.00. The van der Waals surface area contributed by atoms with E-state index in [0.29, 0.717) is 33.6 Å². The monoisotopic (exact) mass is 1130 g/mol. The van der Waals surface area contributed by atoms with Gasteiger partial charge in [0.25, 0.3) is 0 Å². The summed E-state index contributed by atoms with van der Waals surface area (Å²) in [5.41, 5.74) is 6.51. The van der Waals surface area contributed by atoms with E-state index in [0.717, 1.165) is 79.3 Å². The maximum Gasteiger partial charge on any atom is 0.126 e. The van der Waals surface area contributed by atoms with Gasteiger partial charge in [0.05, 0.1) is 27.5 Å². The number of benzene rings is 12. The van der Waals surface area contributed by atoms with Crippen molar-refractivity contribution in [2.24, 2.45) is 0 Å². The zero-order valence-electron chi connectivity index (χ0n) is 45.5. The normalized spacial score (nSPS) is 12.0. The molecule has 82 heavy (non-hydrogen) atoms. The van der Waals surface area contributed by atoms with Gasteiger partial charge in [-0.2, -0.15) is 0 Å². The van der Waals surface area contributed by atoms with E-state index < -0.39 is 62.7 Å². The van der Waals surface area contributed by atoms with Crippen LogP contribution in [0.25, 0.3) is 76.8 Å². The molecule has 0 fully saturated rings. The summed E-state index contributed by atoms with van der Waals surface area (Å²) in [7, 11) is -3.63. The molecule has 0 aliphatic carbocycles. The summed E-state index contributed by atoms with van der Waals surface area (Å²) < 4.78 is 121. The van der Waals surface area contributed by atoms with E-state index in [-0.39, 0.29) is 22.3 Å². The summed E-state index contributed by atoms with van der Waals surface area (Å²) in [6, 6.07) is 56.6. The van der Waals surface area contributed by atoms with Crippen LogP contribution in [0.4, 0.5) is 69.2 Å². The van der Waals surface area contributed by atoms with Gasteiger partial charge in [-0.15, -0.1) is 0 Å². The van der Waals surface area contributed by atoms with Crippen molar-refractivity contribution in [3.8, 4) is 44.5 Å². The van der Waals surface area contributed by atoms with E-state index in [2.05, 4.69) is 97.6 Å². The molecule has 0 amide bonds. The van der Waals surface area contributed by atoms with Crippen LogP contribution in [0.3, 0.4) is 0 Å². The Morgan fingerprint density at radius 2 is 0.488 bits per heavy atom. The lowest BCUT2D eigenvalue weighted by Crippen LogP contribution is -2.37. The third kappa shape index (κ3) is 10.4. The van der Waals surface area contributed by atoms with E-state index in [1.165, 1.54) is 58.9 Å². The second kappa shape index (κ2) is 20.6. The molecule has 0 spiro atoms. The Kier molecular flexibility index (Phi) is 13.5. The van der Waals surface area contributed by atoms with Crippen LogP contribution in [-0.4, -0.2) is 16.1 Å². The molecule has 0 heterocycles. The van der Waals surface area contributed by atoms with E-state index >= 15 is 35.1 Å². The summed E-state index contributed by atoms with van der Waals surface area (Å²) in [5, 5.41) is 7.73. The predicted molar refractivity (Wildman–Crippen MR) is 327 cm³/mol. The minimum atomic E-state index is -1.81. The lowest BCUT2D eigenvalue weighted by atomic mass is 9.91. The molecule has 0 N–H and O–H groups in total. The molecule has 0 radical (unpaired) electrons. The Hall–Kier alpha value is -8.85. The number of anilines is 6. The molecule has 12 rings (SSSR count). The fraction of sp³-hybridized carbons (Fsp3) is 0.0857. The molecular formula is C70H52F8N2Si2. The van der Waals surface area contributed by atoms with Crippen LogP contribution in [0.5, 0.6) is 0 Å². The molecule has 0 aliphatic heterocycles. The van der Waals surface area contributed by atoms with Gasteiger partial charge in [0.15, 0.2) is 0 Å². The molecule has 0 aromatic heterocycles. The molecule has 12 aromatic rings. The van der Waals surface area contributed by atoms with Crippen molar-refractivity contribution in [3.05, 3.63) is 253 Å². The predicted octanol–water partition coefficient (Wildman–Crippen LogP) is 20.4. The Morgan fingerprint density at radius 3 is 0.744 bits per heavy atom. The molecule has 12 aromatic carbocycles. The average molecular weight is 1130 g/mol. The topological polar surface area (TPSA) is 6.48 Å². The largest absolute Gasteiger partial charge is 0.310 e. The standard InChI is InChI=1S/C70H52F8N2Si2/c1-81(2,3)63-15-11-59(12-16-63)79(61-33-43(47-25-51(71)37-52(72)26-47)23-44(34-61)48-27-53(73)38-54(74)28-48)67-21-9-41-8-20-66-68(22-10-42-7-19-65(67)69(41)70(42)66)80(60-13-17-64(18-14-60)82(4,5)6)62-35-45(49-29-55(75)39-56(76)30-49)24-46(36-62)50-31-57(77)40-58(78)32-50/h7-40H,1-6H3. The van der Waals surface area contributed by atoms with Gasteiger partial charge in [-0.3, -0.25) is 0 Å². The lowest BCUT2D eigenvalue weighted by Gasteiger charge is -2.31. The number of hydrogen-bond donors (Lipinski definition) is 0. The summed E-state index contributed by atoms with van der Waals surface area (Å²) in [5.74, 6) is -6.31. The summed E-state index contributed by atoms with van der Waals surface area (Å²) in [4.78, 5) is 4.12. The second-order valence-electron chi connectivity index (χ2n) is 23.0. The molecule has 2 nitrogen and oxygen atoms in total. The first kappa shape index (κ1) is 53.8. The third-order valence-corrected chi connectivity index (χ3v) is 19.3. The number of halogens is 8. The van der Waals surface area contributed by atoms with E-state index in [1.54, 1.807) is 12.1 Å². The molecule has 406 valence electrons. The quantitative estimate of drug-likeness (QED) is 0.0683. The molecule has 0 saturated carbocycles. The highest BCUT2D eigenvalue weighted by molar-refractivity contribution is 6.89. The first-order valence-corrected chi connectivity index (χ1v) is 33.8. The fourth-order valence-corrected chi connectivity index (χ4v) is 13.6. The minimum absolute atomic E-state index is 0.220. The molecule has 0 atom stereocenters. The van der Waals surface area contributed by atoms with Crippen molar-refractivity contribution < 1.29 is 35.1 Å². The first-order chi connectivity index (χ1) is 39.1. The third-order valence-electron chi connectivity index (χ3n) is 15.2. The molecule has 0 unspecified atom stereocenters. The SMILES string of the molecule is C[Si](C)(C)c1ccc(N(c2cc(-c3cc(F)cc(F)c3)cc(-c3cc(F)cc(F)c3)c2)c2ccc3ccc4c(N(c5ccc([Si](C)(C)C)cc5)c5cc(-c6cc(F)cc(F)c6)cc(-c6cc(F)cc(F)c6)c5)ccc5ccc2c3c54)cc1. The maximum atomic E-state index is 15.1. The van der Waals surface area contributed by atoms with Crippen LogP contribution >= 0.6 is 0 Å². The van der Waals surface area contributed by atoms with Crippen LogP contribution in [0, 0.1) is 46.5 Å². The van der Waals surface area contributed by atoms with E-state index in [1.807, 2.05) is 72.8 Å². The molecular weight excluding hydrogens is 1080 g/mol. The fourth-order valence-electron chi connectivity index (χ4n) is 11.3. The maximum absolute atomic E-state index is 15.1. The number of nitrogens with zero attached hydrogens (tertiary/aromatic N) is 2. The van der Waals surface area contributed by atoms with Gasteiger partial charge in [-0.1, -0.05) is 110 Å². The van der Waals surface area contributed by atoms with Crippen molar-refractivity contribution >= 4 is 93.0 Å². The summed E-state index contributed by atoms with van der Waals surface area (Å²) in [6.45, 7) is 13.6. The number of hydrogen-bond acceptors (Lipinski definition) is 2. The van der Waals surface area contributed by atoms with Crippen molar-refractivity contribution in [2.75, 3.05) is 9.80 Å². The lowest BCUT2D eigenvalue weighted by molar-refractivity contribution is 0.583. The highest BCUT2D eigenvalue weighted by Crippen LogP contribution is 2.49. The van der Waals surface area contributed by atoms with Gasteiger partial charge in [0.1, 0.15) is 46.5 Å². The van der Waals surface area contributed by atoms with Crippen molar-refractivity contribution in [1.82, 2.24) is 0 Å². The summed E-state index contributed by atoms with van der Waals surface area (Å²) >= 11 is 0.